The fourth-order valence-electron chi connectivity index (χ4n) is 1.49. The minimum absolute atomic E-state index is 0.383. The second-order valence-electron chi connectivity index (χ2n) is 3.89. The molecule has 1 aromatic rings. The first-order valence-electron chi connectivity index (χ1n) is 5.13. The zero-order chi connectivity index (χ0) is 10.6. The Kier molecular flexibility index (Phi) is 4.11. The van der Waals surface area contributed by atoms with Gasteiger partial charge in [-0.2, -0.15) is 0 Å². The van der Waals surface area contributed by atoms with Crippen LogP contribution >= 0.6 is 0 Å². The fraction of sp³-hybridized carbons (Fsp3) is 0.500. The van der Waals surface area contributed by atoms with Crippen molar-refractivity contribution in [1.29, 1.82) is 0 Å². The van der Waals surface area contributed by atoms with E-state index >= 15 is 0 Å². The molecule has 1 atom stereocenters. The highest BCUT2D eigenvalue weighted by molar-refractivity contribution is 5.33. The number of aryl methyl sites for hydroxylation is 2. The molecule has 14 heavy (non-hydrogen) atoms. The smallest absolute Gasteiger partial charge is 0.0213 e. The molecule has 0 spiro atoms. The van der Waals surface area contributed by atoms with Crippen LogP contribution in [0.3, 0.4) is 0 Å². The summed E-state index contributed by atoms with van der Waals surface area (Å²) < 4.78 is 0. The van der Waals surface area contributed by atoms with Crippen molar-refractivity contribution in [2.75, 3.05) is 6.54 Å². The van der Waals surface area contributed by atoms with Crippen molar-refractivity contribution in [1.82, 2.24) is 5.32 Å². The second-order valence-corrected chi connectivity index (χ2v) is 3.89. The van der Waals surface area contributed by atoms with Crippen molar-refractivity contribution in [3.63, 3.8) is 0 Å². The van der Waals surface area contributed by atoms with Crippen molar-refractivity contribution in [3.8, 4) is 0 Å². The normalized spacial score (nSPS) is 12.9. The predicted molar refractivity (Wildman–Crippen MR) is 61.3 cm³/mol. The SMILES string of the molecule is Cc1cccc(C)c1CN[C@@H](C)CN. The van der Waals surface area contributed by atoms with Gasteiger partial charge < -0.3 is 11.1 Å². The molecule has 0 saturated carbocycles. The lowest BCUT2D eigenvalue weighted by Gasteiger charge is -2.14. The molecule has 0 radical (unpaired) electrons. The molecule has 0 aromatic heterocycles. The highest BCUT2D eigenvalue weighted by Crippen LogP contribution is 2.12. The lowest BCUT2D eigenvalue weighted by Crippen LogP contribution is -2.33. The Balaban J connectivity index is 2.66. The lowest BCUT2D eigenvalue weighted by molar-refractivity contribution is 0.554. The van der Waals surface area contributed by atoms with E-state index in [-0.39, 0.29) is 0 Å². The Bertz CT molecular complexity index is 274. The van der Waals surface area contributed by atoms with E-state index in [0.29, 0.717) is 12.6 Å². The highest BCUT2D eigenvalue weighted by atomic mass is 14.9. The van der Waals surface area contributed by atoms with Gasteiger partial charge in [0.25, 0.3) is 0 Å². The largest absolute Gasteiger partial charge is 0.329 e. The summed E-state index contributed by atoms with van der Waals surface area (Å²) in [5.74, 6) is 0. The van der Waals surface area contributed by atoms with Gasteiger partial charge in [0.05, 0.1) is 0 Å². The summed E-state index contributed by atoms with van der Waals surface area (Å²) in [6.45, 7) is 8.00. The monoisotopic (exact) mass is 192 g/mol. The third-order valence-electron chi connectivity index (χ3n) is 2.63. The van der Waals surface area contributed by atoms with Crippen molar-refractivity contribution >= 4 is 0 Å². The van der Waals surface area contributed by atoms with Crippen LogP contribution in [0.5, 0.6) is 0 Å². The summed E-state index contributed by atoms with van der Waals surface area (Å²) in [7, 11) is 0. The standard InChI is InChI=1S/C12H20N2/c1-9-5-4-6-10(2)12(9)8-14-11(3)7-13/h4-6,11,14H,7-8,13H2,1-3H3/t11-/m0/s1. The third-order valence-corrected chi connectivity index (χ3v) is 2.63. The molecule has 1 rings (SSSR count). The molecule has 3 N–H and O–H groups in total. The van der Waals surface area contributed by atoms with E-state index in [4.69, 9.17) is 5.73 Å². The summed E-state index contributed by atoms with van der Waals surface area (Å²) in [4.78, 5) is 0. The maximum absolute atomic E-state index is 5.55. The van der Waals surface area contributed by atoms with Crippen LogP contribution in [0.15, 0.2) is 18.2 Å². The van der Waals surface area contributed by atoms with E-state index < -0.39 is 0 Å². The van der Waals surface area contributed by atoms with Gasteiger partial charge in [0.15, 0.2) is 0 Å². The molecule has 0 unspecified atom stereocenters. The van der Waals surface area contributed by atoms with Gasteiger partial charge in [-0.15, -0.1) is 0 Å². The minimum atomic E-state index is 0.383. The Morgan fingerprint density at radius 3 is 2.36 bits per heavy atom. The molecule has 2 heteroatoms. The number of hydrogen-bond acceptors (Lipinski definition) is 2. The topological polar surface area (TPSA) is 38.0 Å². The number of nitrogens with two attached hydrogens (primary N) is 1. The van der Waals surface area contributed by atoms with Crippen LogP contribution in [0.4, 0.5) is 0 Å². The molecule has 0 heterocycles. The van der Waals surface area contributed by atoms with Crippen molar-refractivity contribution in [2.45, 2.75) is 33.4 Å². The summed E-state index contributed by atoms with van der Waals surface area (Å²) in [5, 5.41) is 3.41. The Morgan fingerprint density at radius 1 is 1.29 bits per heavy atom. The Hall–Kier alpha value is -0.860. The number of rotatable bonds is 4. The van der Waals surface area contributed by atoms with Gasteiger partial charge in [0.2, 0.25) is 0 Å². The minimum Gasteiger partial charge on any atom is -0.329 e. The first kappa shape index (κ1) is 11.2. The fourth-order valence-corrected chi connectivity index (χ4v) is 1.49. The average Bonchev–Trinajstić information content (AvgIpc) is 2.16. The van der Waals surface area contributed by atoms with E-state index in [9.17, 15) is 0 Å². The molecule has 1 aromatic carbocycles. The number of benzene rings is 1. The quantitative estimate of drug-likeness (QED) is 0.762. The van der Waals surface area contributed by atoms with Crippen LogP contribution in [0.1, 0.15) is 23.6 Å². The molecule has 0 aliphatic heterocycles. The van der Waals surface area contributed by atoms with Gasteiger partial charge >= 0.3 is 0 Å². The number of nitrogens with one attached hydrogen (secondary N) is 1. The maximum Gasteiger partial charge on any atom is 0.0213 e. The molecular weight excluding hydrogens is 172 g/mol. The second kappa shape index (κ2) is 5.13. The lowest BCUT2D eigenvalue weighted by atomic mass is 10.0. The third kappa shape index (κ3) is 2.82. The predicted octanol–water partition coefficient (Wildman–Crippen LogP) is 1.74. The van der Waals surface area contributed by atoms with E-state index in [1.54, 1.807) is 0 Å². The number of hydrogen-bond donors (Lipinski definition) is 2. The molecule has 0 aliphatic carbocycles. The van der Waals surface area contributed by atoms with Crippen LogP contribution in [0, 0.1) is 13.8 Å². The molecule has 0 saturated heterocycles. The van der Waals surface area contributed by atoms with Gasteiger partial charge in [0, 0.05) is 19.1 Å². The molecular formula is C12H20N2. The van der Waals surface area contributed by atoms with Crippen LogP contribution in [-0.4, -0.2) is 12.6 Å². The Morgan fingerprint density at radius 2 is 1.86 bits per heavy atom. The van der Waals surface area contributed by atoms with Crippen molar-refractivity contribution in [3.05, 3.63) is 34.9 Å². The van der Waals surface area contributed by atoms with Crippen LogP contribution in [0.25, 0.3) is 0 Å². The van der Waals surface area contributed by atoms with Gasteiger partial charge in [-0.25, -0.2) is 0 Å². The first-order chi connectivity index (χ1) is 6.65. The summed E-state index contributed by atoms with van der Waals surface area (Å²) in [6, 6.07) is 6.78. The molecule has 0 bridgehead atoms. The van der Waals surface area contributed by atoms with Gasteiger partial charge in [0.1, 0.15) is 0 Å². The van der Waals surface area contributed by atoms with E-state index in [1.807, 2.05) is 0 Å². The van der Waals surface area contributed by atoms with Gasteiger partial charge in [-0.05, 0) is 37.5 Å². The van der Waals surface area contributed by atoms with Crippen molar-refractivity contribution < 1.29 is 0 Å². The van der Waals surface area contributed by atoms with E-state index in [2.05, 4.69) is 44.3 Å². The zero-order valence-corrected chi connectivity index (χ0v) is 9.30. The van der Waals surface area contributed by atoms with Gasteiger partial charge in [-0.1, -0.05) is 18.2 Å². The summed E-state index contributed by atoms with van der Waals surface area (Å²) in [6.07, 6.45) is 0. The molecule has 78 valence electrons. The molecule has 0 amide bonds. The van der Waals surface area contributed by atoms with Crippen LogP contribution < -0.4 is 11.1 Å². The van der Waals surface area contributed by atoms with Crippen LogP contribution in [0.2, 0.25) is 0 Å². The summed E-state index contributed by atoms with van der Waals surface area (Å²) in [5.41, 5.74) is 9.64. The summed E-state index contributed by atoms with van der Waals surface area (Å²) >= 11 is 0. The Labute approximate surface area is 86.5 Å². The van der Waals surface area contributed by atoms with Gasteiger partial charge in [-0.3, -0.25) is 0 Å². The maximum atomic E-state index is 5.55. The molecule has 2 nitrogen and oxygen atoms in total. The zero-order valence-electron chi connectivity index (χ0n) is 9.30. The van der Waals surface area contributed by atoms with Crippen molar-refractivity contribution in [2.24, 2.45) is 5.73 Å². The van der Waals surface area contributed by atoms with E-state index in [0.717, 1.165) is 6.54 Å². The molecule has 0 aliphatic rings. The highest BCUT2D eigenvalue weighted by Gasteiger charge is 2.03. The molecule has 0 fully saturated rings. The average molecular weight is 192 g/mol. The van der Waals surface area contributed by atoms with E-state index in [1.165, 1.54) is 16.7 Å². The van der Waals surface area contributed by atoms with Crippen LogP contribution in [-0.2, 0) is 6.54 Å². The first-order valence-corrected chi connectivity index (χ1v) is 5.13.